The molecule has 5 heteroatoms. The molecular weight excluding hydrogens is 334 g/mol. The normalized spacial score (nSPS) is 21.4. The van der Waals surface area contributed by atoms with Gasteiger partial charge in [0, 0.05) is 24.9 Å². The Hall–Kier alpha value is -2.48. The van der Waals surface area contributed by atoms with Crippen LogP contribution < -0.4 is 5.32 Å². The molecule has 0 aliphatic heterocycles. The molecule has 1 aliphatic carbocycles. The summed E-state index contributed by atoms with van der Waals surface area (Å²) in [5, 5.41) is 12.7. The molecule has 0 saturated heterocycles. The van der Waals surface area contributed by atoms with Gasteiger partial charge in [-0.1, -0.05) is 26.8 Å². The number of anilines is 1. The van der Waals surface area contributed by atoms with Gasteiger partial charge in [0.1, 0.15) is 6.07 Å². The second-order valence-corrected chi connectivity index (χ2v) is 8.40. The van der Waals surface area contributed by atoms with Gasteiger partial charge in [-0.05, 0) is 55.1 Å². The van der Waals surface area contributed by atoms with E-state index in [2.05, 4.69) is 47.1 Å². The predicted molar refractivity (Wildman–Crippen MR) is 107 cm³/mol. The smallest absolute Gasteiger partial charge is 0.222 e. The van der Waals surface area contributed by atoms with E-state index in [1.807, 2.05) is 18.2 Å². The summed E-state index contributed by atoms with van der Waals surface area (Å²) < 4.78 is 0. The topological polar surface area (TPSA) is 74.5 Å². The Kier molecular flexibility index (Phi) is 6.05. The van der Waals surface area contributed by atoms with Gasteiger partial charge in [0.15, 0.2) is 0 Å². The average molecular weight is 364 g/mol. The Bertz CT molecular complexity index is 794. The van der Waals surface area contributed by atoms with Gasteiger partial charge in [-0.15, -0.1) is 0 Å². The van der Waals surface area contributed by atoms with Gasteiger partial charge in [0.05, 0.1) is 17.5 Å². The van der Waals surface area contributed by atoms with Gasteiger partial charge in [-0.25, -0.2) is 9.97 Å². The number of nitriles is 1. The fourth-order valence-electron chi connectivity index (χ4n) is 3.97. The van der Waals surface area contributed by atoms with Crippen LogP contribution in [0.25, 0.3) is 0 Å². The molecule has 0 spiro atoms. The van der Waals surface area contributed by atoms with Gasteiger partial charge in [0.2, 0.25) is 5.95 Å². The van der Waals surface area contributed by atoms with Gasteiger partial charge >= 0.3 is 0 Å². The van der Waals surface area contributed by atoms with Crippen molar-refractivity contribution in [3.63, 3.8) is 0 Å². The maximum absolute atomic E-state index is 9.45. The first kappa shape index (κ1) is 19.3. The van der Waals surface area contributed by atoms with Crippen LogP contribution >= 0.6 is 0 Å². The summed E-state index contributed by atoms with van der Waals surface area (Å²) in [6.07, 6.45) is 8.78. The number of hydrogen-bond acceptors (Lipinski definition) is 5. The molecule has 0 aromatic carbocycles. The highest BCUT2D eigenvalue weighted by Crippen LogP contribution is 2.44. The number of pyridine rings is 1. The van der Waals surface area contributed by atoms with Crippen LogP contribution in [0.15, 0.2) is 30.6 Å². The SMILES string of the molecule is C[C@H]1CC[C@@H](Cc2nc(NCCc3ccccn3)ncc2C#N)CC1(C)C. The molecule has 2 heterocycles. The molecule has 3 rings (SSSR count). The van der Waals surface area contributed by atoms with Crippen molar-refractivity contribution < 1.29 is 0 Å². The summed E-state index contributed by atoms with van der Waals surface area (Å²) >= 11 is 0. The maximum atomic E-state index is 9.45. The number of nitrogens with one attached hydrogen (secondary N) is 1. The molecule has 142 valence electrons. The Morgan fingerprint density at radius 1 is 1.26 bits per heavy atom. The lowest BCUT2D eigenvalue weighted by Gasteiger charge is -2.40. The van der Waals surface area contributed by atoms with E-state index < -0.39 is 0 Å². The monoisotopic (exact) mass is 363 g/mol. The molecule has 0 bridgehead atoms. The average Bonchev–Trinajstić information content (AvgIpc) is 2.66. The Morgan fingerprint density at radius 2 is 2.11 bits per heavy atom. The van der Waals surface area contributed by atoms with Gasteiger partial charge in [-0.3, -0.25) is 4.98 Å². The van der Waals surface area contributed by atoms with Crippen molar-refractivity contribution in [2.45, 2.75) is 52.9 Å². The number of aromatic nitrogens is 3. The Labute approximate surface area is 162 Å². The molecule has 2 aromatic rings. The van der Waals surface area contributed by atoms with E-state index in [1.165, 1.54) is 19.3 Å². The largest absolute Gasteiger partial charge is 0.354 e. The van der Waals surface area contributed by atoms with Crippen LogP contribution in [0, 0.1) is 28.6 Å². The van der Waals surface area contributed by atoms with Gasteiger partial charge in [0.25, 0.3) is 0 Å². The third-order valence-electron chi connectivity index (χ3n) is 6.02. The molecule has 5 nitrogen and oxygen atoms in total. The summed E-state index contributed by atoms with van der Waals surface area (Å²) in [5.74, 6) is 1.93. The molecule has 27 heavy (non-hydrogen) atoms. The van der Waals surface area contributed by atoms with Crippen LogP contribution in [0.5, 0.6) is 0 Å². The van der Waals surface area contributed by atoms with Crippen LogP contribution in [-0.4, -0.2) is 21.5 Å². The zero-order valence-electron chi connectivity index (χ0n) is 16.6. The molecular formula is C22H29N5. The molecule has 2 aromatic heterocycles. The standard InChI is InChI=1S/C22H29N5/c1-16-7-8-17(13-22(16,2)3)12-20-18(14-23)15-26-21(27-20)25-11-9-19-6-4-5-10-24-19/h4-6,10,15-17H,7-9,11-13H2,1-3H3,(H,25,26,27)/t16-,17-/m0/s1. The third-order valence-corrected chi connectivity index (χ3v) is 6.02. The zero-order chi connectivity index (χ0) is 19.3. The first-order valence-electron chi connectivity index (χ1n) is 9.88. The fraction of sp³-hybridized carbons (Fsp3) is 0.545. The van der Waals surface area contributed by atoms with E-state index in [1.54, 1.807) is 12.4 Å². The number of hydrogen-bond donors (Lipinski definition) is 1. The van der Waals surface area contributed by atoms with Crippen LogP contribution in [0.3, 0.4) is 0 Å². The van der Waals surface area contributed by atoms with Crippen molar-refractivity contribution in [3.8, 4) is 6.07 Å². The molecule has 0 unspecified atom stereocenters. The maximum Gasteiger partial charge on any atom is 0.222 e. The van der Waals surface area contributed by atoms with Crippen molar-refractivity contribution in [2.75, 3.05) is 11.9 Å². The van der Waals surface area contributed by atoms with E-state index in [-0.39, 0.29) is 0 Å². The van der Waals surface area contributed by atoms with Crippen molar-refractivity contribution in [1.29, 1.82) is 5.26 Å². The minimum absolute atomic E-state index is 0.354. The van der Waals surface area contributed by atoms with Gasteiger partial charge in [-0.2, -0.15) is 5.26 Å². The van der Waals surface area contributed by atoms with E-state index in [0.717, 1.165) is 36.7 Å². The second kappa shape index (κ2) is 8.47. The molecule has 0 amide bonds. The van der Waals surface area contributed by atoms with Crippen LogP contribution in [0.2, 0.25) is 0 Å². The Balaban J connectivity index is 1.64. The molecule has 1 aliphatic rings. The van der Waals surface area contributed by atoms with Crippen molar-refractivity contribution in [1.82, 2.24) is 15.0 Å². The summed E-state index contributed by atoms with van der Waals surface area (Å²) in [7, 11) is 0. The molecule has 1 fully saturated rings. The van der Waals surface area contributed by atoms with Crippen molar-refractivity contribution >= 4 is 5.95 Å². The van der Waals surface area contributed by atoms with Crippen LogP contribution in [0.1, 0.15) is 57.0 Å². The highest BCUT2D eigenvalue weighted by Gasteiger charge is 2.34. The second-order valence-electron chi connectivity index (χ2n) is 8.40. The van der Waals surface area contributed by atoms with Crippen LogP contribution in [0.4, 0.5) is 5.95 Å². The summed E-state index contributed by atoms with van der Waals surface area (Å²) in [6.45, 7) is 7.79. The quantitative estimate of drug-likeness (QED) is 0.823. The van der Waals surface area contributed by atoms with E-state index in [4.69, 9.17) is 0 Å². The zero-order valence-corrected chi connectivity index (χ0v) is 16.6. The lowest BCUT2D eigenvalue weighted by molar-refractivity contribution is 0.107. The highest BCUT2D eigenvalue weighted by molar-refractivity contribution is 5.37. The molecule has 1 saturated carbocycles. The molecule has 1 N–H and O–H groups in total. The number of rotatable bonds is 6. The van der Waals surface area contributed by atoms with Crippen molar-refractivity contribution in [3.05, 3.63) is 47.5 Å². The third kappa shape index (κ3) is 5.03. The van der Waals surface area contributed by atoms with E-state index in [9.17, 15) is 5.26 Å². The van der Waals surface area contributed by atoms with Crippen LogP contribution in [-0.2, 0) is 12.8 Å². The predicted octanol–water partition coefficient (Wildman–Crippen LogP) is 4.40. The van der Waals surface area contributed by atoms with E-state index in [0.29, 0.717) is 22.8 Å². The van der Waals surface area contributed by atoms with Gasteiger partial charge < -0.3 is 5.32 Å². The summed E-state index contributed by atoms with van der Waals surface area (Å²) in [6, 6.07) is 8.18. The highest BCUT2D eigenvalue weighted by atomic mass is 15.1. The molecule has 0 radical (unpaired) electrons. The van der Waals surface area contributed by atoms with E-state index >= 15 is 0 Å². The summed E-state index contributed by atoms with van der Waals surface area (Å²) in [4.78, 5) is 13.3. The minimum Gasteiger partial charge on any atom is -0.354 e. The fourth-order valence-corrected chi connectivity index (χ4v) is 3.97. The first-order chi connectivity index (χ1) is 13.0. The van der Waals surface area contributed by atoms with Crippen molar-refractivity contribution in [2.24, 2.45) is 17.3 Å². The Morgan fingerprint density at radius 3 is 2.81 bits per heavy atom. The molecule has 2 atom stereocenters. The summed E-state index contributed by atoms with van der Waals surface area (Å²) in [5.41, 5.74) is 2.87. The minimum atomic E-state index is 0.354. The lowest BCUT2D eigenvalue weighted by Crippen LogP contribution is -2.31. The lowest BCUT2D eigenvalue weighted by atomic mass is 9.65. The first-order valence-corrected chi connectivity index (χ1v) is 9.88. The number of nitrogens with zero attached hydrogens (tertiary/aromatic N) is 4.